The lowest BCUT2D eigenvalue weighted by Crippen LogP contribution is -1.79. The van der Waals surface area contributed by atoms with Crippen LogP contribution in [0.15, 0.2) is 54.6 Å². The molecule has 0 aliphatic heterocycles. The van der Waals surface area contributed by atoms with E-state index < -0.39 is 0 Å². The van der Waals surface area contributed by atoms with Gasteiger partial charge in [-0.1, -0.05) is 60.7 Å². The molecule has 0 saturated heterocycles. The third-order valence-corrected chi connectivity index (χ3v) is 3.17. The smallest absolute Gasteiger partial charge is 0.0192 e. The highest BCUT2D eigenvalue weighted by Gasteiger charge is 2.14. The molecule has 0 bridgehead atoms. The molecule has 0 N–H and O–H groups in total. The molecule has 0 aromatic heterocycles. The molecule has 0 amide bonds. The molecule has 78 valence electrons. The van der Waals surface area contributed by atoms with E-state index in [1.54, 1.807) is 0 Å². The molecular formula is C16H14. The SMILES string of the molecule is C(=C1CCc2ccccc21)c1ccccc1. The van der Waals surface area contributed by atoms with Gasteiger partial charge in [0, 0.05) is 0 Å². The minimum absolute atomic E-state index is 1.17. The van der Waals surface area contributed by atoms with Crippen LogP contribution in [0.3, 0.4) is 0 Å². The Morgan fingerprint density at radius 3 is 2.38 bits per heavy atom. The van der Waals surface area contributed by atoms with Gasteiger partial charge >= 0.3 is 0 Å². The third-order valence-electron chi connectivity index (χ3n) is 3.17. The molecule has 0 saturated carbocycles. The summed E-state index contributed by atoms with van der Waals surface area (Å²) in [5.41, 5.74) is 5.70. The molecule has 0 heterocycles. The van der Waals surface area contributed by atoms with Gasteiger partial charge in [-0.2, -0.15) is 0 Å². The monoisotopic (exact) mass is 206 g/mol. The van der Waals surface area contributed by atoms with Crippen LogP contribution in [0, 0.1) is 0 Å². The highest BCUT2D eigenvalue weighted by molar-refractivity contribution is 5.85. The van der Waals surface area contributed by atoms with Crippen LogP contribution in [0.5, 0.6) is 0 Å². The Labute approximate surface area is 96.3 Å². The van der Waals surface area contributed by atoms with Crippen molar-refractivity contribution in [3.8, 4) is 0 Å². The molecule has 0 atom stereocenters. The maximum atomic E-state index is 2.31. The number of aryl methyl sites for hydroxylation is 1. The van der Waals surface area contributed by atoms with E-state index >= 15 is 0 Å². The van der Waals surface area contributed by atoms with Crippen molar-refractivity contribution in [1.82, 2.24) is 0 Å². The zero-order valence-corrected chi connectivity index (χ0v) is 9.19. The van der Waals surface area contributed by atoms with Gasteiger partial charge in [-0.25, -0.2) is 0 Å². The van der Waals surface area contributed by atoms with Crippen LogP contribution in [0.4, 0.5) is 0 Å². The lowest BCUT2D eigenvalue weighted by molar-refractivity contribution is 1.08. The average Bonchev–Trinajstić information content (AvgIpc) is 2.74. The van der Waals surface area contributed by atoms with Gasteiger partial charge in [0.05, 0.1) is 0 Å². The van der Waals surface area contributed by atoms with Crippen LogP contribution in [0.25, 0.3) is 11.6 Å². The van der Waals surface area contributed by atoms with E-state index in [9.17, 15) is 0 Å². The second kappa shape index (κ2) is 3.97. The number of fused-ring (bicyclic) bond motifs is 1. The lowest BCUT2D eigenvalue weighted by atomic mass is 10.0. The number of allylic oxidation sites excluding steroid dienone is 1. The van der Waals surface area contributed by atoms with Crippen LogP contribution >= 0.6 is 0 Å². The Kier molecular flexibility index (Phi) is 2.34. The van der Waals surface area contributed by atoms with Crippen LogP contribution in [-0.2, 0) is 6.42 Å². The first-order valence-electron chi connectivity index (χ1n) is 5.77. The Hall–Kier alpha value is -1.82. The Morgan fingerprint density at radius 2 is 1.50 bits per heavy atom. The fraction of sp³-hybridized carbons (Fsp3) is 0.125. The summed E-state index contributed by atoms with van der Waals surface area (Å²) in [6.45, 7) is 0. The van der Waals surface area contributed by atoms with Crippen molar-refractivity contribution in [1.29, 1.82) is 0 Å². The van der Waals surface area contributed by atoms with Gasteiger partial charge in [0.25, 0.3) is 0 Å². The van der Waals surface area contributed by atoms with Crippen molar-refractivity contribution in [2.24, 2.45) is 0 Å². The van der Waals surface area contributed by atoms with Crippen molar-refractivity contribution in [2.75, 3.05) is 0 Å². The molecule has 0 radical (unpaired) electrons. The first kappa shape index (κ1) is 9.41. The third kappa shape index (κ3) is 1.67. The summed E-state index contributed by atoms with van der Waals surface area (Å²) in [5.74, 6) is 0. The first-order valence-corrected chi connectivity index (χ1v) is 5.77. The molecular weight excluding hydrogens is 192 g/mol. The minimum atomic E-state index is 1.17. The summed E-state index contributed by atoms with van der Waals surface area (Å²) in [6, 6.07) is 19.3. The predicted molar refractivity (Wildman–Crippen MR) is 69.1 cm³/mol. The van der Waals surface area contributed by atoms with Crippen molar-refractivity contribution < 1.29 is 0 Å². The normalized spacial score (nSPS) is 16.4. The Balaban J connectivity index is 2.02. The Bertz CT molecular complexity index is 521. The van der Waals surface area contributed by atoms with Gasteiger partial charge in [0.15, 0.2) is 0 Å². The number of hydrogen-bond acceptors (Lipinski definition) is 0. The van der Waals surface area contributed by atoms with Gasteiger partial charge in [-0.3, -0.25) is 0 Å². The van der Waals surface area contributed by atoms with E-state index in [1.807, 2.05) is 0 Å². The molecule has 0 fully saturated rings. The van der Waals surface area contributed by atoms with E-state index in [-0.39, 0.29) is 0 Å². The summed E-state index contributed by atoms with van der Waals surface area (Å²) >= 11 is 0. The standard InChI is InChI=1S/C16H14/c1-2-6-13(7-3-1)12-15-11-10-14-8-4-5-9-16(14)15/h1-9,12H,10-11H2. The average molecular weight is 206 g/mol. The van der Waals surface area contributed by atoms with Gasteiger partial charge in [0.1, 0.15) is 0 Å². The van der Waals surface area contributed by atoms with E-state index in [2.05, 4.69) is 60.7 Å². The number of rotatable bonds is 1. The second-order valence-corrected chi connectivity index (χ2v) is 4.24. The van der Waals surface area contributed by atoms with E-state index in [1.165, 1.54) is 35.1 Å². The molecule has 3 rings (SSSR count). The van der Waals surface area contributed by atoms with Gasteiger partial charge in [-0.15, -0.1) is 0 Å². The molecule has 2 aromatic carbocycles. The summed E-state index contributed by atoms with van der Waals surface area (Å²) in [4.78, 5) is 0. The van der Waals surface area contributed by atoms with Crippen LogP contribution < -0.4 is 0 Å². The van der Waals surface area contributed by atoms with E-state index in [4.69, 9.17) is 0 Å². The van der Waals surface area contributed by atoms with E-state index in [0.29, 0.717) is 0 Å². The Morgan fingerprint density at radius 1 is 0.750 bits per heavy atom. The minimum Gasteiger partial charge on any atom is -0.0622 e. The summed E-state index contributed by atoms with van der Waals surface area (Å²) < 4.78 is 0. The van der Waals surface area contributed by atoms with Crippen LogP contribution in [0.1, 0.15) is 23.1 Å². The molecule has 16 heavy (non-hydrogen) atoms. The van der Waals surface area contributed by atoms with Crippen molar-refractivity contribution in [2.45, 2.75) is 12.8 Å². The summed E-state index contributed by atoms with van der Waals surface area (Å²) in [7, 11) is 0. The van der Waals surface area contributed by atoms with Gasteiger partial charge in [-0.05, 0) is 35.1 Å². The van der Waals surface area contributed by atoms with E-state index in [0.717, 1.165) is 0 Å². The topological polar surface area (TPSA) is 0 Å². The second-order valence-electron chi connectivity index (χ2n) is 4.24. The van der Waals surface area contributed by atoms with Crippen molar-refractivity contribution >= 4 is 11.6 Å². The number of hydrogen-bond donors (Lipinski definition) is 0. The zero-order valence-electron chi connectivity index (χ0n) is 9.19. The maximum Gasteiger partial charge on any atom is -0.0192 e. The predicted octanol–water partition coefficient (Wildman–Crippen LogP) is 4.17. The highest BCUT2D eigenvalue weighted by atomic mass is 14.2. The quantitative estimate of drug-likeness (QED) is 0.656. The fourth-order valence-electron chi connectivity index (χ4n) is 2.36. The van der Waals surface area contributed by atoms with Gasteiger partial charge in [0.2, 0.25) is 0 Å². The first-order chi connectivity index (χ1) is 7.93. The van der Waals surface area contributed by atoms with Crippen LogP contribution in [0.2, 0.25) is 0 Å². The van der Waals surface area contributed by atoms with Crippen molar-refractivity contribution in [3.05, 3.63) is 71.3 Å². The maximum absolute atomic E-state index is 2.31. The number of benzene rings is 2. The summed E-state index contributed by atoms with van der Waals surface area (Å²) in [6.07, 6.45) is 4.68. The molecule has 0 spiro atoms. The fourth-order valence-corrected chi connectivity index (χ4v) is 2.36. The largest absolute Gasteiger partial charge is 0.0622 e. The highest BCUT2D eigenvalue weighted by Crippen LogP contribution is 2.33. The molecule has 2 aromatic rings. The van der Waals surface area contributed by atoms with Gasteiger partial charge < -0.3 is 0 Å². The molecule has 1 aliphatic rings. The molecule has 1 aliphatic carbocycles. The molecule has 0 nitrogen and oxygen atoms in total. The van der Waals surface area contributed by atoms with Crippen molar-refractivity contribution in [3.63, 3.8) is 0 Å². The van der Waals surface area contributed by atoms with Crippen LogP contribution in [-0.4, -0.2) is 0 Å². The molecule has 0 unspecified atom stereocenters. The lowest BCUT2D eigenvalue weighted by Gasteiger charge is -2.00. The summed E-state index contributed by atoms with van der Waals surface area (Å²) in [5, 5.41) is 0. The zero-order chi connectivity index (χ0) is 10.8. The molecule has 0 heteroatoms.